The van der Waals surface area contributed by atoms with Crippen molar-refractivity contribution in [2.45, 2.75) is 12.2 Å². The largest absolute Gasteiger partial charge is 0.478 e. The van der Waals surface area contributed by atoms with Crippen LogP contribution in [0.15, 0.2) is 12.3 Å². The van der Waals surface area contributed by atoms with Crippen molar-refractivity contribution in [3.05, 3.63) is 29.3 Å². The molecule has 2 atom stereocenters. The summed E-state index contributed by atoms with van der Waals surface area (Å²) in [6, 6.07) is 0.807. The molecule has 0 aliphatic carbocycles. The number of hydrogen-bond acceptors (Lipinski definition) is 5. The van der Waals surface area contributed by atoms with E-state index in [0.29, 0.717) is 6.20 Å². The fraction of sp³-hybridized carbons (Fsp3) is 0.333. The van der Waals surface area contributed by atoms with Gasteiger partial charge in [-0.15, -0.1) is 0 Å². The summed E-state index contributed by atoms with van der Waals surface area (Å²) in [7, 11) is 0. The van der Waals surface area contributed by atoms with E-state index in [1.165, 1.54) is 0 Å². The summed E-state index contributed by atoms with van der Waals surface area (Å²) < 4.78 is 12.9. The molecular formula is C9H10FNO5. The van der Waals surface area contributed by atoms with E-state index in [1.54, 1.807) is 0 Å². The molecule has 0 saturated heterocycles. The zero-order valence-electron chi connectivity index (χ0n) is 8.04. The Morgan fingerprint density at radius 2 is 2.12 bits per heavy atom. The van der Waals surface area contributed by atoms with Gasteiger partial charge < -0.3 is 20.4 Å². The maximum Gasteiger partial charge on any atom is 0.338 e. The highest BCUT2D eigenvalue weighted by Crippen LogP contribution is 2.17. The van der Waals surface area contributed by atoms with Gasteiger partial charge in [0.25, 0.3) is 0 Å². The van der Waals surface area contributed by atoms with Gasteiger partial charge in [-0.05, 0) is 6.07 Å². The lowest BCUT2D eigenvalue weighted by Gasteiger charge is -2.15. The molecule has 88 valence electrons. The van der Waals surface area contributed by atoms with E-state index in [-0.39, 0.29) is 5.69 Å². The lowest BCUT2D eigenvalue weighted by Crippen LogP contribution is -2.23. The molecule has 16 heavy (non-hydrogen) atoms. The average Bonchev–Trinajstić information content (AvgIpc) is 2.27. The topological polar surface area (TPSA) is 111 Å². The second-order valence-corrected chi connectivity index (χ2v) is 3.09. The summed E-state index contributed by atoms with van der Waals surface area (Å²) in [6.45, 7) is -0.720. The van der Waals surface area contributed by atoms with Crippen molar-refractivity contribution in [3.8, 4) is 0 Å². The molecule has 0 spiro atoms. The van der Waals surface area contributed by atoms with Crippen LogP contribution in [0.1, 0.15) is 22.2 Å². The van der Waals surface area contributed by atoms with Gasteiger partial charge in [-0.1, -0.05) is 0 Å². The monoisotopic (exact) mass is 231 g/mol. The first kappa shape index (κ1) is 12.5. The Bertz CT molecular complexity index is 397. The van der Waals surface area contributed by atoms with Gasteiger partial charge in [-0.3, -0.25) is 4.98 Å². The molecule has 1 heterocycles. The van der Waals surface area contributed by atoms with Crippen LogP contribution in [0.3, 0.4) is 0 Å². The predicted octanol–water partition coefficient (Wildman–Crippen LogP) is -0.695. The number of pyridine rings is 1. The van der Waals surface area contributed by atoms with E-state index in [0.717, 1.165) is 6.07 Å². The zero-order chi connectivity index (χ0) is 12.3. The van der Waals surface area contributed by atoms with Crippen LogP contribution in [0.25, 0.3) is 0 Å². The molecule has 1 rings (SSSR count). The van der Waals surface area contributed by atoms with Gasteiger partial charge >= 0.3 is 5.97 Å². The molecule has 0 radical (unpaired) electrons. The highest BCUT2D eigenvalue weighted by molar-refractivity contribution is 5.87. The minimum absolute atomic E-state index is 0.222. The number of hydrogen-bond donors (Lipinski definition) is 4. The van der Waals surface area contributed by atoms with Gasteiger partial charge in [0.1, 0.15) is 12.2 Å². The quantitative estimate of drug-likeness (QED) is 0.545. The molecule has 0 fully saturated rings. The highest BCUT2D eigenvalue weighted by atomic mass is 19.1. The second-order valence-electron chi connectivity index (χ2n) is 3.09. The summed E-state index contributed by atoms with van der Waals surface area (Å²) >= 11 is 0. The van der Waals surface area contributed by atoms with Gasteiger partial charge in [-0.2, -0.15) is 0 Å². The van der Waals surface area contributed by atoms with E-state index >= 15 is 0 Å². The molecule has 0 aliphatic heterocycles. The molecular weight excluding hydrogens is 221 g/mol. The average molecular weight is 231 g/mol. The van der Waals surface area contributed by atoms with Gasteiger partial charge in [0.05, 0.1) is 24.1 Å². The highest BCUT2D eigenvalue weighted by Gasteiger charge is 2.21. The molecule has 0 bridgehead atoms. The van der Waals surface area contributed by atoms with Gasteiger partial charge in [0, 0.05) is 0 Å². The standard InChI is InChI=1S/C9H10FNO5/c10-5-2-11-6(1-4(5)9(15)16)8(14)7(13)3-12/h1-2,7-8,12-14H,3H2,(H,15,16). The number of carbonyl (C=O) groups is 1. The molecule has 1 aromatic heterocycles. The van der Waals surface area contributed by atoms with Crippen molar-refractivity contribution < 1.29 is 29.6 Å². The van der Waals surface area contributed by atoms with Crippen LogP contribution in [-0.2, 0) is 0 Å². The molecule has 0 aliphatic rings. The minimum Gasteiger partial charge on any atom is -0.478 e. The Kier molecular flexibility index (Phi) is 3.88. The molecule has 4 N–H and O–H groups in total. The third-order valence-corrected chi connectivity index (χ3v) is 1.96. The molecule has 6 nitrogen and oxygen atoms in total. The molecule has 1 aromatic rings. The van der Waals surface area contributed by atoms with Crippen LogP contribution in [0.4, 0.5) is 4.39 Å². The van der Waals surface area contributed by atoms with E-state index in [1.807, 2.05) is 0 Å². The fourth-order valence-electron chi connectivity index (χ4n) is 1.08. The number of carboxylic acids is 1. The summed E-state index contributed by atoms with van der Waals surface area (Å²) in [6.07, 6.45) is -2.44. The van der Waals surface area contributed by atoms with Crippen LogP contribution in [0.2, 0.25) is 0 Å². The fourth-order valence-corrected chi connectivity index (χ4v) is 1.08. The van der Waals surface area contributed by atoms with E-state index < -0.39 is 36.2 Å². The number of aliphatic hydroxyl groups is 3. The Hall–Kier alpha value is -1.57. The first-order valence-corrected chi connectivity index (χ1v) is 4.33. The number of nitrogens with zero attached hydrogens (tertiary/aromatic N) is 1. The maximum absolute atomic E-state index is 12.9. The van der Waals surface area contributed by atoms with Crippen LogP contribution < -0.4 is 0 Å². The Labute approximate surface area is 89.6 Å². The number of aromatic nitrogens is 1. The predicted molar refractivity (Wildman–Crippen MR) is 49.2 cm³/mol. The van der Waals surface area contributed by atoms with E-state index in [9.17, 15) is 14.3 Å². The molecule has 0 saturated carbocycles. The lowest BCUT2D eigenvalue weighted by molar-refractivity contribution is -0.0173. The van der Waals surface area contributed by atoms with Crippen molar-refractivity contribution >= 4 is 5.97 Å². The van der Waals surface area contributed by atoms with Crippen LogP contribution in [0, 0.1) is 5.82 Å². The third kappa shape index (κ3) is 2.51. The number of halogens is 1. The summed E-state index contributed by atoms with van der Waals surface area (Å²) in [4.78, 5) is 14.0. The summed E-state index contributed by atoms with van der Waals surface area (Å²) in [5.74, 6) is -2.55. The van der Waals surface area contributed by atoms with Crippen molar-refractivity contribution in [3.63, 3.8) is 0 Å². The van der Waals surface area contributed by atoms with Crippen LogP contribution in [-0.4, -0.2) is 44.1 Å². The third-order valence-electron chi connectivity index (χ3n) is 1.96. The van der Waals surface area contributed by atoms with Crippen molar-refractivity contribution in [2.75, 3.05) is 6.61 Å². The summed E-state index contributed by atoms with van der Waals surface area (Å²) in [5.41, 5.74) is -0.880. The second kappa shape index (κ2) is 4.97. The van der Waals surface area contributed by atoms with E-state index in [4.69, 9.17) is 15.3 Å². The van der Waals surface area contributed by atoms with E-state index in [2.05, 4.69) is 4.98 Å². The molecule has 7 heteroatoms. The lowest BCUT2D eigenvalue weighted by atomic mass is 10.1. The van der Waals surface area contributed by atoms with Crippen molar-refractivity contribution in [2.24, 2.45) is 0 Å². The van der Waals surface area contributed by atoms with Crippen molar-refractivity contribution in [1.29, 1.82) is 0 Å². The first-order valence-electron chi connectivity index (χ1n) is 4.33. The maximum atomic E-state index is 12.9. The number of rotatable bonds is 4. The Morgan fingerprint density at radius 3 is 2.62 bits per heavy atom. The Morgan fingerprint density at radius 1 is 1.50 bits per heavy atom. The Balaban J connectivity index is 3.07. The molecule has 0 amide bonds. The normalized spacial score (nSPS) is 14.5. The van der Waals surface area contributed by atoms with Gasteiger partial charge in [0.15, 0.2) is 5.82 Å². The number of aromatic carboxylic acids is 1. The minimum atomic E-state index is -1.57. The zero-order valence-corrected chi connectivity index (χ0v) is 8.04. The smallest absolute Gasteiger partial charge is 0.338 e. The molecule has 0 aromatic carbocycles. The van der Waals surface area contributed by atoms with Crippen LogP contribution >= 0.6 is 0 Å². The first-order chi connectivity index (χ1) is 7.47. The van der Waals surface area contributed by atoms with Crippen LogP contribution in [0.5, 0.6) is 0 Å². The number of aliphatic hydroxyl groups excluding tert-OH is 3. The van der Waals surface area contributed by atoms with Crippen molar-refractivity contribution in [1.82, 2.24) is 4.98 Å². The molecule has 2 unspecified atom stereocenters. The number of carboxylic acid groups (broad SMARTS) is 1. The summed E-state index contributed by atoms with van der Waals surface area (Å²) in [5, 5.41) is 35.7. The van der Waals surface area contributed by atoms with Gasteiger partial charge in [0.2, 0.25) is 0 Å². The SMILES string of the molecule is O=C(O)c1cc(C(O)C(O)CO)ncc1F. The van der Waals surface area contributed by atoms with Gasteiger partial charge in [-0.25, -0.2) is 9.18 Å².